The van der Waals surface area contributed by atoms with E-state index < -0.39 is 9.84 Å². The van der Waals surface area contributed by atoms with Gasteiger partial charge in [-0.05, 0) is 43.4 Å². The molecule has 5 heteroatoms. The summed E-state index contributed by atoms with van der Waals surface area (Å²) < 4.78 is 22.8. The maximum atomic E-state index is 12.0. The summed E-state index contributed by atoms with van der Waals surface area (Å²) in [5, 5.41) is 2.96. The van der Waals surface area contributed by atoms with Crippen LogP contribution < -0.4 is 5.32 Å². The summed E-state index contributed by atoms with van der Waals surface area (Å²) in [5.41, 5.74) is 0.901. The third kappa shape index (κ3) is 4.43. The Balaban J connectivity index is 1.94. The minimum atomic E-state index is -3.18. The van der Waals surface area contributed by atoms with Crippen LogP contribution in [-0.2, 0) is 14.6 Å². The molecule has 0 saturated heterocycles. The summed E-state index contributed by atoms with van der Waals surface area (Å²) in [6, 6.07) is 6.52. The molecule has 2 atom stereocenters. The van der Waals surface area contributed by atoms with Crippen LogP contribution in [0.2, 0.25) is 0 Å². The molecule has 21 heavy (non-hydrogen) atoms. The number of sulfone groups is 1. The zero-order chi connectivity index (χ0) is 15.5. The summed E-state index contributed by atoms with van der Waals surface area (Å²) in [4.78, 5) is 12.3. The summed E-state index contributed by atoms with van der Waals surface area (Å²) >= 11 is 0. The lowest BCUT2D eigenvalue weighted by Crippen LogP contribution is -2.27. The highest BCUT2D eigenvalue weighted by molar-refractivity contribution is 7.90. The van der Waals surface area contributed by atoms with Gasteiger partial charge in [0.2, 0.25) is 5.91 Å². The van der Waals surface area contributed by atoms with Gasteiger partial charge in [-0.2, -0.15) is 0 Å². The number of carbonyl (C=O) groups is 1. The Morgan fingerprint density at radius 3 is 2.52 bits per heavy atom. The quantitative estimate of drug-likeness (QED) is 0.851. The Kier molecular flexibility index (Phi) is 4.83. The molecular weight excluding hydrogens is 286 g/mol. The molecule has 114 valence electrons. The van der Waals surface area contributed by atoms with Crippen molar-refractivity contribution < 1.29 is 13.2 Å². The molecule has 1 aliphatic rings. The zero-order valence-electron chi connectivity index (χ0n) is 12.4. The summed E-state index contributed by atoms with van der Waals surface area (Å²) in [6.45, 7) is 1.90. The van der Waals surface area contributed by atoms with Crippen molar-refractivity contribution in [2.75, 3.05) is 6.26 Å². The fourth-order valence-corrected chi connectivity index (χ4v) is 3.12. The van der Waals surface area contributed by atoms with Gasteiger partial charge in [0.15, 0.2) is 9.84 Å². The third-order valence-corrected chi connectivity index (χ3v) is 4.87. The predicted molar refractivity (Wildman–Crippen MR) is 82.6 cm³/mol. The van der Waals surface area contributed by atoms with Crippen LogP contribution in [0.15, 0.2) is 41.3 Å². The Bertz CT molecular complexity index is 632. The van der Waals surface area contributed by atoms with E-state index in [4.69, 9.17) is 0 Å². The lowest BCUT2D eigenvalue weighted by molar-refractivity contribution is -0.122. The number of hydrogen-bond acceptors (Lipinski definition) is 3. The van der Waals surface area contributed by atoms with Crippen LogP contribution >= 0.6 is 0 Å². The second-order valence-electron chi connectivity index (χ2n) is 5.60. The monoisotopic (exact) mass is 307 g/mol. The number of hydrogen-bond donors (Lipinski definition) is 1. The van der Waals surface area contributed by atoms with Gasteiger partial charge >= 0.3 is 0 Å². The van der Waals surface area contributed by atoms with Crippen molar-refractivity contribution in [3.8, 4) is 0 Å². The number of allylic oxidation sites excluding steroid dienone is 2. The lowest BCUT2D eigenvalue weighted by Gasteiger charge is -2.16. The van der Waals surface area contributed by atoms with Crippen molar-refractivity contribution >= 4 is 15.7 Å². The first-order valence-corrected chi connectivity index (χ1v) is 9.01. The first-order valence-electron chi connectivity index (χ1n) is 7.12. The van der Waals surface area contributed by atoms with Gasteiger partial charge in [-0.3, -0.25) is 4.79 Å². The average Bonchev–Trinajstić information content (AvgIpc) is 2.90. The van der Waals surface area contributed by atoms with Crippen molar-refractivity contribution in [1.82, 2.24) is 5.32 Å². The summed E-state index contributed by atoms with van der Waals surface area (Å²) in [7, 11) is -3.18. The third-order valence-electron chi connectivity index (χ3n) is 3.75. The van der Waals surface area contributed by atoms with Crippen LogP contribution in [0.3, 0.4) is 0 Å². The van der Waals surface area contributed by atoms with Gasteiger partial charge in [0.05, 0.1) is 10.9 Å². The fraction of sp³-hybridized carbons (Fsp3) is 0.438. The van der Waals surface area contributed by atoms with E-state index >= 15 is 0 Å². The van der Waals surface area contributed by atoms with Gasteiger partial charge in [-0.15, -0.1) is 0 Å². The van der Waals surface area contributed by atoms with E-state index in [2.05, 4.69) is 17.5 Å². The second kappa shape index (κ2) is 6.43. The number of benzene rings is 1. The molecule has 0 bridgehead atoms. The highest BCUT2D eigenvalue weighted by Gasteiger charge is 2.16. The molecule has 1 aliphatic carbocycles. The molecule has 0 unspecified atom stereocenters. The maximum absolute atomic E-state index is 12.0. The second-order valence-corrected chi connectivity index (χ2v) is 7.62. The Morgan fingerprint density at radius 1 is 1.33 bits per heavy atom. The number of nitrogens with one attached hydrogen (secondary N) is 1. The van der Waals surface area contributed by atoms with Crippen LogP contribution in [0.5, 0.6) is 0 Å². The summed E-state index contributed by atoms with van der Waals surface area (Å²) in [5.74, 6) is 0.385. The van der Waals surface area contributed by atoms with Crippen molar-refractivity contribution in [1.29, 1.82) is 0 Å². The first-order chi connectivity index (χ1) is 9.86. The van der Waals surface area contributed by atoms with E-state index in [1.807, 2.05) is 6.92 Å². The van der Waals surface area contributed by atoms with Crippen LogP contribution in [-0.4, -0.2) is 20.6 Å². The summed E-state index contributed by atoms with van der Waals surface area (Å²) in [6.07, 6.45) is 8.02. The zero-order valence-corrected chi connectivity index (χ0v) is 13.2. The molecule has 1 aromatic rings. The van der Waals surface area contributed by atoms with Crippen LogP contribution in [0.4, 0.5) is 0 Å². The average molecular weight is 307 g/mol. The molecular formula is C16H21NO3S. The van der Waals surface area contributed by atoms with Crippen LogP contribution in [0.1, 0.15) is 37.8 Å². The standard InChI is InChI=1S/C16H21NO3S/c1-12(17-16(18)11-13-5-3-4-6-13)14-7-9-15(10-8-14)21(2,19)20/h3,5,7-10,12-13H,4,6,11H2,1-2H3,(H,17,18)/t12-,13-/m1/s1. The van der Waals surface area contributed by atoms with E-state index in [-0.39, 0.29) is 11.9 Å². The van der Waals surface area contributed by atoms with E-state index in [0.717, 1.165) is 18.4 Å². The highest BCUT2D eigenvalue weighted by atomic mass is 32.2. The van der Waals surface area contributed by atoms with E-state index in [1.54, 1.807) is 24.3 Å². The Hall–Kier alpha value is -1.62. The van der Waals surface area contributed by atoms with Gasteiger partial charge < -0.3 is 5.32 Å². The van der Waals surface area contributed by atoms with E-state index in [0.29, 0.717) is 17.2 Å². The van der Waals surface area contributed by atoms with Gasteiger partial charge in [0.1, 0.15) is 0 Å². The van der Waals surface area contributed by atoms with Gasteiger partial charge in [0, 0.05) is 12.7 Å². The molecule has 4 nitrogen and oxygen atoms in total. The smallest absolute Gasteiger partial charge is 0.221 e. The fourth-order valence-electron chi connectivity index (χ4n) is 2.49. The van der Waals surface area contributed by atoms with Crippen molar-refractivity contribution in [2.45, 2.75) is 37.1 Å². The van der Waals surface area contributed by atoms with Gasteiger partial charge in [0.25, 0.3) is 0 Å². The number of amides is 1. The normalized spacial score (nSPS) is 19.4. The lowest BCUT2D eigenvalue weighted by atomic mass is 10.0. The molecule has 0 aliphatic heterocycles. The minimum Gasteiger partial charge on any atom is -0.350 e. The highest BCUT2D eigenvalue weighted by Crippen LogP contribution is 2.21. The molecule has 1 amide bonds. The Morgan fingerprint density at radius 2 is 2.00 bits per heavy atom. The van der Waals surface area contributed by atoms with Gasteiger partial charge in [-0.25, -0.2) is 8.42 Å². The molecule has 2 rings (SSSR count). The topological polar surface area (TPSA) is 63.2 Å². The van der Waals surface area contributed by atoms with Crippen LogP contribution in [0.25, 0.3) is 0 Å². The number of rotatable bonds is 5. The van der Waals surface area contributed by atoms with Gasteiger partial charge in [-0.1, -0.05) is 24.3 Å². The maximum Gasteiger partial charge on any atom is 0.221 e. The van der Waals surface area contributed by atoms with Crippen molar-refractivity contribution in [3.05, 3.63) is 42.0 Å². The first kappa shape index (κ1) is 15.8. The van der Waals surface area contributed by atoms with E-state index in [1.165, 1.54) is 6.26 Å². The number of carbonyl (C=O) groups excluding carboxylic acids is 1. The predicted octanol–water partition coefficient (Wildman–Crippen LogP) is 2.62. The molecule has 0 saturated carbocycles. The molecule has 0 aromatic heterocycles. The molecule has 1 N–H and O–H groups in total. The molecule has 0 heterocycles. The SMILES string of the molecule is C[C@@H](NC(=O)C[C@@H]1C=CCC1)c1ccc(S(C)(=O)=O)cc1. The molecule has 0 radical (unpaired) electrons. The van der Waals surface area contributed by atoms with Crippen LogP contribution in [0, 0.1) is 5.92 Å². The molecule has 0 spiro atoms. The largest absolute Gasteiger partial charge is 0.350 e. The Labute approximate surface area is 126 Å². The van der Waals surface area contributed by atoms with Crippen molar-refractivity contribution in [2.24, 2.45) is 5.92 Å². The minimum absolute atomic E-state index is 0.0336. The van der Waals surface area contributed by atoms with E-state index in [9.17, 15) is 13.2 Å². The molecule has 0 fully saturated rings. The van der Waals surface area contributed by atoms with Crippen molar-refractivity contribution in [3.63, 3.8) is 0 Å². The molecule has 1 aromatic carbocycles.